The van der Waals surface area contributed by atoms with Gasteiger partial charge in [-0.05, 0) is 87.6 Å². The van der Waals surface area contributed by atoms with Crippen molar-refractivity contribution in [2.75, 3.05) is 11.1 Å². The summed E-state index contributed by atoms with van der Waals surface area (Å²) in [4.78, 5) is 12.0. The summed E-state index contributed by atoms with van der Waals surface area (Å²) in [5.41, 5.74) is 7.66. The molecule has 3 nitrogen and oxygen atoms in total. The Balaban J connectivity index is 2.19. The number of hydrogen-bond acceptors (Lipinski definition) is 2. The second kappa shape index (κ2) is 5.87. The highest BCUT2D eigenvalue weighted by molar-refractivity contribution is 14.1. The van der Waals surface area contributed by atoms with E-state index in [-0.39, 0.29) is 5.91 Å². The Kier molecular flexibility index (Phi) is 4.44. The fourth-order valence-electron chi connectivity index (χ4n) is 1.48. The normalized spacial score (nSPS) is 10.1. The van der Waals surface area contributed by atoms with Gasteiger partial charge in [0.05, 0.1) is 0 Å². The molecule has 0 atom stereocenters. The molecule has 2 rings (SSSR count). The molecule has 2 aromatic carbocycles. The molecule has 0 aliphatic rings. The molecule has 0 bridgehead atoms. The molecule has 92 valence electrons. The first-order chi connectivity index (χ1) is 8.54. The molecule has 0 aliphatic heterocycles. The zero-order valence-electron chi connectivity index (χ0n) is 9.28. The van der Waals surface area contributed by atoms with Crippen molar-refractivity contribution in [2.45, 2.75) is 0 Å². The molecule has 0 saturated carbocycles. The Bertz CT molecular complexity index is 562. The number of benzene rings is 2. The van der Waals surface area contributed by atoms with Crippen molar-refractivity contribution in [3.05, 3.63) is 55.2 Å². The lowest BCUT2D eigenvalue weighted by Crippen LogP contribution is -2.12. The molecule has 2 aromatic rings. The van der Waals surface area contributed by atoms with Crippen LogP contribution in [0.5, 0.6) is 0 Å². The van der Waals surface area contributed by atoms with E-state index in [1.165, 1.54) is 0 Å². The van der Waals surface area contributed by atoms with Crippen molar-refractivity contribution in [2.24, 2.45) is 0 Å². The van der Waals surface area contributed by atoms with Crippen LogP contribution >= 0.6 is 45.2 Å². The van der Waals surface area contributed by atoms with Crippen LogP contribution in [-0.4, -0.2) is 5.91 Å². The average Bonchev–Trinajstić information content (AvgIpc) is 2.31. The van der Waals surface area contributed by atoms with E-state index in [4.69, 9.17) is 5.73 Å². The molecule has 3 N–H and O–H groups in total. The lowest BCUT2D eigenvalue weighted by molar-refractivity contribution is 0.102. The summed E-state index contributed by atoms with van der Waals surface area (Å²) in [5, 5.41) is 2.84. The van der Waals surface area contributed by atoms with Gasteiger partial charge < -0.3 is 11.1 Å². The van der Waals surface area contributed by atoms with E-state index in [2.05, 4.69) is 50.5 Å². The van der Waals surface area contributed by atoms with Gasteiger partial charge in [-0.2, -0.15) is 0 Å². The molecule has 5 heteroatoms. The van der Waals surface area contributed by atoms with E-state index >= 15 is 0 Å². The molecule has 0 saturated heterocycles. The Morgan fingerprint density at radius 2 is 1.67 bits per heavy atom. The van der Waals surface area contributed by atoms with Gasteiger partial charge in [-0.15, -0.1) is 0 Å². The SMILES string of the molecule is Nc1cc(I)cc(C(=O)Nc2ccc(I)cc2)c1. The van der Waals surface area contributed by atoms with Crippen molar-refractivity contribution in [1.29, 1.82) is 0 Å². The van der Waals surface area contributed by atoms with Crippen LogP contribution in [0.2, 0.25) is 0 Å². The van der Waals surface area contributed by atoms with Crippen LogP contribution in [0.4, 0.5) is 11.4 Å². The zero-order valence-corrected chi connectivity index (χ0v) is 13.6. The fraction of sp³-hybridized carbons (Fsp3) is 0. The number of nitrogens with one attached hydrogen (secondary N) is 1. The molecular weight excluding hydrogens is 454 g/mol. The van der Waals surface area contributed by atoms with Gasteiger partial charge in [0, 0.05) is 24.1 Å². The summed E-state index contributed by atoms with van der Waals surface area (Å²) in [5.74, 6) is -0.151. The van der Waals surface area contributed by atoms with Gasteiger partial charge in [0.25, 0.3) is 5.91 Å². The van der Waals surface area contributed by atoms with E-state index in [0.29, 0.717) is 11.3 Å². The van der Waals surface area contributed by atoms with Gasteiger partial charge in [0.2, 0.25) is 0 Å². The van der Waals surface area contributed by atoms with E-state index in [1.54, 1.807) is 12.1 Å². The summed E-state index contributed by atoms with van der Waals surface area (Å²) >= 11 is 4.36. The predicted molar refractivity (Wildman–Crippen MR) is 90.7 cm³/mol. The minimum Gasteiger partial charge on any atom is -0.399 e. The van der Waals surface area contributed by atoms with Gasteiger partial charge >= 0.3 is 0 Å². The second-order valence-electron chi connectivity index (χ2n) is 3.73. The largest absolute Gasteiger partial charge is 0.399 e. The van der Waals surface area contributed by atoms with Crippen molar-refractivity contribution < 1.29 is 4.79 Å². The molecule has 0 unspecified atom stereocenters. The zero-order chi connectivity index (χ0) is 13.1. The molecule has 0 radical (unpaired) electrons. The lowest BCUT2D eigenvalue weighted by atomic mass is 10.2. The van der Waals surface area contributed by atoms with Crippen LogP contribution in [0, 0.1) is 7.14 Å². The van der Waals surface area contributed by atoms with Crippen LogP contribution in [0.15, 0.2) is 42.5 Å². The molecular formula is C13H10I2N2O. The lowest BCUT2D eigenvalue weighted by Gasteiger charge is -2.06. The summed E-state index contributed by atoms with van der Waals surface area (Å²) < 4.78 is 2.07. The molecule has 0 aromatic heterocycles. The van der Waals surface area contributed by atoms with E-state index in [0.717, 1.165) is 12.8 Å². The number of carbonyl (C=O) groups excluding carboxylic acids is 1. The standard InChI is InChI=1S/C13H10I2N2O/c14-9-1-3-12(4-2-9)17-13(18)8-5-10(15)7-11(16)6-8/h1-7H,16H2,(H,17,18). The number of nitrogens with two attached hydrogens (primary N) is 1. The maximum absolute atomic E-state index is 12.0. The molecule has 0 aliphatic carbocycles. The van der Waals surface area contributed by atoms with Crippen molar-refractivity contribution in [3.63, 3.8) is 0 Å². The van der Waals surface area contributed by atoms with Gasteiger partial charge in [-0.25, -0.2) is 0 Å². The highest BCUT2D eigenvalue weighted by Crippen LogP contribution is 2.16. The third kappa shape index (κ3) is 3.58. The quantitative estimate of drug-likeness (QED) is 0.526. The molecule has 1 amide bonds. The first-order valence-electron chi connectivity index (χ1n) is 5.17. The molecule has 0 fully saturated rings. The van der Waals surface area contributed by atoms with Crippen LogP contribution in [0.3, 0.4) is 0 Å². The predicted octanol–water partition coefficient (Wildman–Crippen LogP) is 3.73. The van der Waals surface area contributed by atoms with E-state index < -0.39 is 0 Å². The van der Waals surface area contributed by atoms with Crippen LogP contribution in [-0.2, 0) is 0 Å². The third-order valence-corrected chi connectivity index (χ3v) is 3.63. The summed E-state index contributed by atoms with van der Waals surface area (Å²) in [6, 6.07) is 12.9. The second-order valence-corrected chi connectivity index (χ2v) is 6.23. The number of nitrogen functional groups attached to an aromatic ring is 1. The van der Waals surface area contributed by atoms with Crippen LogP contribution < -0.4 is 11.1 Å². The summed E-state index contributed by atoms with van der Waals surface area (Å²) in [6.07, 6.45) is 0. The minimum absolute atomic E-state index is 0.151. The number of rotatable bonds is 2. The van der Waals surface area contributed by atoms with Crippen molar-refractivity contribution >= 4 is 62.5 Å². The first kappa shape index (κ1) is 13.6. The van der Waals surface area contributed by atoms with Crippen molar-refractivity contribution in [3.8, 4) is 0 Å². The van der Waals surface area contributed by atoms with Crippen LogP contribution in [0.25, 0.3) is 0 Å². The number of carbonyl (C=O) groups is 1. The summed E-state index contributed by atoms with van der Waals surface area (Å²) in [6.45, 7) is 0. The first-order valence-corrected chi connectivity index (χ1v) is 7.33. The highest BCUT2D eigenvalue weighted by atomic mass is 127. The maximum atomic E-state index is 12.0. The Morgan fingerprint density at radius 1 is 1.00 bits per heavy atom. The number of hydrogen-bond donors (Lipinski definition) is 2. The fourth-order valence-corrected chi connectivity index (χ4v) is 2.53. The molecule has 18 heavy (non-hydrogen) atoms. The Morgan fingerprint density at radius 3 is 2.28 bits per heavy atom. The molecule has 0 heterocycles. The number of anilines is 2. The monoisotopic (exact) mass is 464 g/mol. The maximum Gasteiger partial charge on any atom is 0.255 e. The highest BCUT2D eigenvalue weighted by Gasteiger charge is 2.07. The van der Waals surface area contributed by atoms with Crippen molar-refractivity contribution in [1.82, 2.24) is 0 Å². The Labute approximate surface area is 132 Å². The third-order valence-electron chi connectivity index (χ3n) is 2.28. The number of halogens is 2. The topological polar surface area (TPSA) is 55.1 Å². The van der Waals surface area contributed by atoms with Gasteiger partial charge in [0.1, 0.15) is 0 Å². The van der Waals surface area contributed by atoms with Gasteiger partial charge in [-0.1, -0.05) is 0 Å². The average molecular weight is 464 g/mol. The minimum atomic E-state index is -0.151. The van der Waals surface area contributed by atoms with Gasteiger partial charge in [-0.3, -0.25) is 4.79 Å². The van der Waals surface area contributed by atoms with Crippen LogP contribution in [0.1, 0.15) is 10.4 Å². The molecule has 0 spiro atoms. The van der Waals surface area contributed by atoms with E-state index in [9.17, 15) is 4.79 Å². The smallest absolute Gasteiger partial charge is 0.255 e. The Hall–Kier alpha value is -0.830. The number of amides is 1. The van der Waals surface area contributed by atoms with E-state index in [1.807, 2.05) is 30.3 Å². The summed E-state index contributed by atoms with van der Waals surface area (Å²) in [7, 11) is 0. The van der Waals surface area contributed by atoms with Gasteiger partial charge in [0.15, 0.2) is 0 Å².